The molecule has 14 nitrogen and oxygen atoms in total. The standard InChI is InChI=1S/C55H51Cl2N5O9S/c1-33-52(21-22-53(59-33)61(34(2)63)29-37-5-4-6-37)72(66,67)62-30-43-27-50-49(70-32-51(71-50)41-16-18-44(19-17-41)69-31-38-11-20-45(56)46(57)23-38)26-42(43)25-48(62)54(64)60-47(55(65)68-3)24-35-7-12-39(13-8-35)40-14-9-36(28-58)10-15-40/h7-23,26-27,37,47-48,51H,4-6,24-25,29-32H2,1-3H3,(H,60,64)/t47?,48-,51+/m0/s1. The van der Waals surface area contributed by atoms with Gasteiger partial charge in [-0.15, -0.1) is 0 Å². The molecule has 0 radical (unpaired) electrons. The third-order valence-electron chi connectivity index (χ3n) is 13.4. The van der Waals surface area contributed by atoms with Crippen LogP contribution in [-0.2, 0) is 55.1 Å². The first kappa shape index (κ1) is 50.0. The van der Waals surface area contributed by atoms with Gasteiger partial charge in [0.1, 0.15) is 41.8 Å². The van der Waals surface area contributed by atoms with Gasteiger partial charge in [-0.25, -0.2) is 18.2 Å². The van der Waals surface area contributed by atoms with Crippen LogP contribution in [0.1, 0.15) is 71.4 Å². The van der Waals surface area contributed by atoms with Crippen molar-refractivity contribution in [3.63, 3.8) is 0 Å². The first-order chi connectivity index (χ1) is 34.7. The summed E-state index contributed by atoms with van der Waals surface area (Å²) in [5.74, 6) is 0.543. The molecular formula is C55H51Cl2N5O9S. The summed E-state index contributed by atoms with van der Waals surface area (Å²) in [6.07, 6.45) is 2.58. The summed E-state index contributed by atoms with van der Waals surface area (Å²) in [6.45, 7) is 3.76. The van der Waals surface area contributed by atoms with Crippen molar-refractivity contribution in [1.29, 1.82) is 5.26 Å². The number of anilines is 1. The highest BCUT2D eigenvalue weighted by atomic mass is 35.5. The van der Waals surface area contributed by atoms with Gasteiger partial charge in [0, 0.05) is 26.4 Å². The molecule has 2 amide bonds. The van der Waals surface area contributed by atoms with Crippen molar-refractivity contribution in [2.45, 2.75) is 82.2 Å². The number of carbonyl (C=O) groups is 3. The molecule has 3 atom stereocenters. The van der Waals surface area contributed by atoms with E-state index in [1.54, 1.807) is 48.2 Å². The second-order valence-electron chi connectivity index (χ2n) is 18.2. The molecule has 370 valence electrons. The summed E-state index contributed by atoms with van der Waals surface area (Å²) < 4.78 is 55.2. The first-order valence-electron chi connectivity index (χ1n) is 23.5. The Morgan fingerprint density at radius 2 is 1.58 bits per heavy atom. The number of halogens is 2. The van der Waals surface area contributed by atoms with Crippen LogP contribution in [0.2, 0.25) is 10.0 Å². The Balaban J connectivity index is 0.979. The summed E-state index contributed by atoms with van der Waals surface area (Å²) in [4.78, 5) is 47.0. The summed E-state index contributed by atoms with van der Waals surface area (Å²) >= 11 is 12.2. The van der Waals surface area contributed by atoms with E-state index in [4.69, 9.17) is 42.1 Å². The van der Waals surface area contributed by atoms with Gasteiger partial charge in [0.2, 0.25) is 21.8 Å². The van der Waals surface area contributed by atoms with Crippen molar-refractivity contribution in [2.24, 2.45) is 5.92 Å². The maximum Gasteiger partial charge on any atom is 0.328 e. The van der Waals surface area contributed by atoms with Gasteiger partial charge >= 0.3 is 5.97 Å². The van der Waals surface area contributed by atoms with Crippen LogP contribution < -0.4 is 24.4 Å². The Bertz CT molecular complexity index is 3180. The van der Waals surface area contributed by atoms with Gasteiger partial charge in [0.15, 0.2) is 17.6 Å². The molecule has 5 aromatic carbocycles. The first-order valence-corrected chi connectivity index (χ1v) is 25.7. The molecule has 1 aromatic heterocycles. The topological polar surface area (TPSA) is 177 Å². The van der Waals surface area contributed by atoms with Crippen molar-refractivity contribution in [1.82, 2.24) is 14.6 Å². The molecule has 1 saturated carbocycles. The Morgan fingerprint density at radius 3 is 2.22 bits per heavy atom. The average molecular weight is 1030 g/mol. The van der Waals surface area contributed by atoms with Crippen molar-refractivity contribution in [2.75, 3.05) is 25.2 Å². The number of aryl methyl sites for hydroxylation is 1. The number of nitriles is 1. The summed E-state index contributed by atoms with van der Waals surface area (Å²) in [5, 5.41) is 13.0. The SMILES string of the molecule is COC(=O)C(Cc1ccc(-c2ccc(C#N)cc2)cc1)NC(=O)[C@@H]1Cc2cc3c(cc2CN1S(=O)(=O)c1ccc(N(CC2CCC2)C(C)=O)nc1C)O[C@@H](c1ccc(OCc2ccc(Cl)c(Cl)c2)cc1)CO3. The third kappa shape index (κ3) is 10.9. The van der Waals surface area contributed by atoms with Crippen LogP contribution in [0.5, 0.6) is 17.2 Å². The molecule has 6 aromatic rings. The monoisotopic (exact) mass is 1030 g/mol. The molecule has 9 rings (SSSR count). The van der Waals surface area contributed by atoms with Crippen LogP contribution in [0.25, 0.3) is 11.1 Å². The number of carbonyl (C=O) groups excluding carboxylic acids is 3. The lowest BCUT2D eigenvalue weighted by molar-refractivity contribution is -0.145. The summed E-state index contributed by atoms with van der Waals surface area (Å²) in [7, 11) is -3.27. The molecule has 72 heavy (non-hydrogen) atoms. The molecule has 1 unspecified atom stereocenters. The lowest BCUT2D eigenvalue weighted by atomic mass is 9.85. The largest absolute Gasteiger partial charge is 0.489 e. The molecule has 3 aliphatic rings. The molecule has 3 heterocycles. The number of nitrogens with zero attached hydrogens (tertiary/aromatic N) is 4. The minimum absolute atomic E-state index is 0.0501. The number of nitrogens with one attached hydrogen (secondary N) is 1. The zero-order valence-electron chi connectivity index (χ0n) is 39.8. The fraction of sp³-hybridized carbons (Fsp3) is 0.291. The number of sulfonamides is 1. The lowest BCUT2D eigenvalue weighted by Gasteiger charge is -2.37. The summed E-state index contributed by atoms with van der Waals surface area (Å²) in [5.41, 5.74) is 6.14. The van der Waals surface area contributed by atoms with E-state index < -0.39 is 40.1 Å². The van der Waals surface area contributed by atoms with E-state index in [2.05, 4.69) is 16.4 Å². The Kier molecular flexibility index (Phi) is 14.9. The Hall–Kier alpha value is -6.96. The van der Waals surface area contributed by atoms with Crippen LogP contribution >= 0.6 is 23.2 Å². The minimum atomic E-state index is -4.49. The van der Waals surface area contributed by atoms with E-state index in [9.17, 15) is 19.6 Å². The van der Waals surface area contributed by atoms with Crippen LogP contribution in [0.15, 0.2) is 120 Å². The molecule has 17 heteroatoms. The number of hydrogen-bond donors (Lipinski definition) is 1. The third-order valence-corrected chi connectivity index (χ3v) is 16.2. The highest BCUT2D eigenvalue weighted by Gasteiger charge is 2.43. The number of ether oxygens (including phenoxy) is 4. The number of methoxy groups -OCH3 is 1. The fourth-order valence-corrected chi connectivity index (χ4v) is 11.2. The molecule has 0 saturated heterocycles. The van der Waals surface area contributed by atoms with E-state index in [0.717, 1.165) is 45.8 Å². The molecule has 2 aliphatic heterocycles. The van der Waals surface area contributed by atoms with E-state index >= 15 is 8.42 Å². The normalized spacial score (nSPS) is 16.8. The van der Waals surface area contributed by atoms with Gasteiger partial charge in [-0.05, 0) is 132 Å². The number of esters is 1. The van der Waals surface area contributed by atoms with Crippen LogP contribution in [0.3, 0.4) is 0 Å². The van der Waals surface area contributed by atoms with Gasteiger partial charge in [0.05, 0.1) is 34.5 Å². The number of aromatic nitrogens is 1. The molecule has 1 N–H and O–H groups in total. The Labute approximate surface area is 428 Å². The molecule has 0 bridgehead atoms. The summed E-state index contributed by atoms with van der Waals surface area (Å²) in [6, 6.07) is 33.5. The second-order valence-corrected chi connectivity index (χ2v) is 20.9. The number of fused-ring (bicyclic) bond motifs is 2. The van der Waals surface area contributed by atoms with Crippen LogP contribution in [0, 0.1) is 24.2 Å². The Morgan fingerprint density at radius 1 is 0.889 bits per heavy atom. The van der Waals surface area contributed by atoms with Gasteiger partial charge in [-0.1, -0.05) is 84.2 Å². The van der Waals surface area contributed by atoms with Gasteiger partial charge in [-0.2, -0.15) is 9.57 Å². The van der Waals surface area contributed by atoms with E-state index in [-0.39, 0.29) is 49.1 Å². The predicted molar refractivity (Wildman–Crippen MR) is 271 cm³/mol. The molecule has 1 fully saturated rings. The van der Waals surface area contributed by atoms with Crippen molar-refractivity contribution >= 4 is 56.8 Å². The van der Waals surface area contributed by atoms with E-state index in [0.29, 0.717) is 67.8 Å². The molecular weight excluding hydrogens is 978 g/mol. The number of amides is 2. The predicted octanol–water partition coefficient (Wildman–Crippen LogP) is 9.50. The van der Waals surface area contributed by atoms with Crippen molar-refractivity contribution in [3.05, 3.63) is 164 Å². The highest BCUT2D eigenvalue weighted by Crippen LogP contribution is 2.42. The quantitative estimate of drug-likeness (QED) is 0.0970. The van der Waals surface area contributed by atoms with Crippen LogP contribution in [-0.4, -0.2) is 67.8 Å². The van der Waals surface area contributed by atoms with Gasteiger partial charge in [0.25, 0.3) is 0 Å². The maximum absolute atomic E-state index is 15.1. The van der Waals surface area contributed by atoms with Crippen molar-refractivity contribution in [3.8, 4) is 34.4 Å². The zero-order valence-corrected chi connectivity index (χ0v) is 42.1. The number of rotatable bonds is 15. The van der Waals surface area contributed by atoms with Gasteiger partial charge in [-0.3, -0.25) is 14.5 Å². The minimum Gasteiger partial charge on any atom is -0.489 e. The van der Waals surface area contributed by atoms with Crippen LogP contribution in [0.4, 0.5) is 5.82 Å². The van der Waals surface area contributed by atoms with Crippen molar-refractivity contribution < 1.29 is 41.7 Å². The number of hydrogen-bond acceptors (Lipinski definition) is 11. The lowest BCUT2D eigenvalue weighted by Crippen LogP contribution is -2.56. The molecule has 1 aliphatic carbocycles. The zero-order chi connectivity index (χ0) is 50.7. The fourth-order valence-electron chi connectivity index (χ4n) is 9.15. The smallest absolute Gasteiger partial charge is 0.328 e. The van der Waals surface area contributed by atoms with E-state index in [1.807, 2.05) is 66.7 Å². The maximum atomic E-state index is 15.1. The average Bonchev–Trinajstić information content (AvgIpc) is 3.37. The second kappa shape index (κ2) is 21.4. The molecule has 0 spiro atoms. The van der Waals surface area contributed by atoms with Gasteiger partial charge < -0.3 is 24.3 Å². The highest BCUT2D eigenvalue weighted by molar-refractivity contribution is 7.89. The number of benzene rings is 5. The number of pyridine rings is 1. The van der Waals surface area contributed by atoms with E-state index in [1.165, 1.54) is 26.2 Å².